The summed E-state index contributed by atoms with van der Waals surface area (Å²) in [6.45, 7) is 0.810. The fraction of sp³-hybridized carbons (Fsp3) is 0.130. The average molecular weight is 438 g/mol. The number of carbonyl (C=O) groups excluding carboxylic acids is 2. The van der Waals surface area contributed by atoms with Crippen molar-refractivity contribution in [2.24, 2.45) is 0 Å². The minimum Gasteiger partial charge on any atom is -0.507 e. The lowest BCUT2D eigenvalue weighted by molar-refractivity contribution is -0.132. The summed E-state index contributed by atoms with van der Waals surface area (Å²) in [6.07, 6.45) is 1.44. The number of rotatable bonds is 3. The van der Waals surface area contributed by atoms with Crippen molar-refractivity contribution >= 4 is 34.7 Å². The minimum atomic E-state index is -0.957. The molecule has 8 heteroatoms. The monoisotopic (exact) mass is 437 g/mol. The number of benzene rings is 2. The molecule has 0 saturated carbocycles. The van der Waals surface area contributed by atoms with Gasteiger partial charge in [-0.2, -0.15) is 0 Å². The summed E-state index contributed by atoms with van der Waals surface area (Å²) < 4.78 is 16.6. The van der Waals surface area contributed by atoms with Gasteiger partial charge in [-0.1, -0.05) is 17.7 Å². The zero-order chi connectivity index (χ0) is 21.5. The molecule has 3 aromatic rings. The summed E-state index contributed by atoms with van der Waals surface area (Å²) in [7, 11) is 0. The third kappa shape index (κ3) is 3.23. The second kappa shape index (κ2) is 7.52. The van der Waals surface area contributed by atoms with Gasteiger partial charge in [0.1, 0.15) is 30.8 Å². The van der Waals surface area contributed by atoms with E-state index in [2.05, 4.69) is 0 Å². The van der Waals surface area contributed by atoms with Crippen LogP contribution in [0, 0.1) is 0 Å². The van der Waals surface area contributed by atoms with Crippen LogP contribution in [-0.2, 0) is 9.59 Å². The molecule has 0 spiro atoms. The highest BCUT2D eigenvalue weighted by molar-refractivity contribution is 6.51. The van der Waals surface area contributed by atoms with Gasteiger partial charge in [0.2, 0.25) is 0 Å². The van der Waals surface area contributed by atoms with Crippen molar-refractivity contribution in [3.63, 3.8) is 0 Å². The molecule has 1 N–H and O–H groups in total. The molecule has 0 bridgehead atoms. The van der Waals surface area contributed by atoms with Crippen LogP contribution in [0.3, 0.4) is 0 Å². The lowest BCUT2D eigenvalue weighted by Gasteiger charge is -2.23. The van der Waals surface area contributed by atoms with Gasteiger partial charge in [-0.25, -0.2) is 0 Å². The molecule has 1 aromatic heterocycles. The molecule has 7 nitrogen and oxygen atoms in total. The lowest BCUT2D eigenvalue weighted by Crippen LogP contribution is -2.29. The van der Waals surface area contributed by atoms with Gasteiger partial charge in [0.05, 0.1) is 11.8 Å². The number of ether oxygens (including phenoxy) is 2. The van der Waals surface area contributed by atoms with Gasteiger partial charge in [0.15, 0.2) is 11.5 Å². The van der Waals surface area contributed by atoms with E-state index in [9.17, 15) is 14.7 Å². The van der Waals surface area contributed by atoms with Gasteiger partial charge in [0.25, 0.3) is 11.7 Å². The third-order valence-electron chi connectivity index (χ3n) is 5.16. The molecule has 0 aliphatic carbocycles. The quantitative estimate of drug-likeness (QED) is 0.372. The number of furan rings is 1. The second-order valence-corrected chi connectivity index (χ2v) is 7.46. The summed E-state index contributed by atoms with van der Waals surface area (Å²) in [4.78, 5) is 27.3. The Balaban J connectivity index is 1.68. The van der Waals surface area contributed by atoms with Gasteiger partial charge in [-0.05, 0) is 48.5 Å². The van der Waals surface area contributed by atoms with E-state index in [4.69, 9.17) is 25.5 Å². The van der Waals surface area contributed by atoms with Crippen molar-refractivity contribution in [1.29, 1.82) is 0 Å². The fourth-order valence-corrected chi connectivity index (χ4v) is 3.97. The summed E-state index contributed by atoms with van der Waals surface area (Å²) in [6, 6.07) is 13.8. The molecule has 2 aliphatic heterocycles. The van der Waals surface area contributed by atoms with E-state index in [1.165, 1.54) is 11.2 Å². The summed E-state index contributed by atoms with van der Waals surface area (Å²) in [5, 5.41) is 11.5. The minimum absolute atomic E-state index is 0.0865. The van der Waals surface area contributed by atoms with Crippen LogP contribution < -0.4 is 14.4 Å². The molecule has 1 unspecified atom stereocenters. The Hall–Kier alpha value is -3.71. The largest absolute Gasteiger partial charge is 0.507 e. The van der Waals surface area contributed by atoms with Crippen LogP contribution in [-0.4, -0.2) is 30.0 Å². The van der Waals surface area contributed by atoms with Crippen LogP contribution in [0.4, 0.5) is 5.69 Å². The summed E-state index contributed by atoms with van der Waals surface area (Å²) in [5.74, 6) is -0.616. The third-order valence-corrected chi connectivity index (χ3v) is 5.39. The number of halogens is 1. The van der Waals surface area contributed by atoms with Gasteiger partial charge in [-0.15, -0.1) is 0 Å². The molecular weight excluding hydrogens is 422 g/mol. The van der Waals surface area contributed by atoms with Gasteiger partial charge in [0, 0.05) is 16.3 Å². The first kappa shape index (κ1) is 19.3. The topological polar surface area (TPSA) is 89.2 Å². The Labute approximate surface area is 182 Å². The van der Waals surface area contributed by atoms with E-state index in [0.717, 1.165) is 0 Å². The standard InChI is InChI=1S/C23H16ClNO6/c24-14-3-1-4-15(12-14)25-20(17-5-2-8-29-17)19(22(27)23(25)28)21(26)13-6-7-16-18(11-13)31-10-9-30-16/h1-8,11-12,20,26H,9-10H2/b21-19-. The number of carbonyl (C=O) groups is 2. The van der Waals surface area contributed by atoms with Crippen LogP contribution in [0.5, 0.6) is 11.5 Å². The molecule has 31 heavy (non-hydrogen) atoms. The molecule has 1 amide bonds. The first-order valence-corrected chi connectivity index (χ1v) is 9.92. The predicted octanol–water partition coefficient (Wildman–Crippen LogP) is 4.33. The van der Waals surface area contributed by atoms with Crippen molar-refractivity contribution < 1.29 is 28.6 Å². The van der Waals surface area contributed by atoms with Crippen molar-refractivity contribution in [2.45, 2.75) is 6.04 Å². The fourth-order valence-electron chi connectivity index (χ4n) is 3.79. The highest BCUT2D eigenvalue weighted by Crippen LogP contribution is 2.43. The average Bonchev–Trinajstić information content (AvgIpc) is 3.40. The van der Waals surface area contributed by atoms with E-state index in [-0.39, 0.29) is 11.3 Å². The molecule has 3 heterocycles. The van der Waals surface area contributed by atoms with Crippen LogP contribution in [0.25, 0.3) is 5.76 Å². The molecule has 2 aromatic carbocycles. The Bertz CT molecular complexity index is 1220. The maximum Gasteiger partial charge on any atom is 0.300 e. The van der Waals surface area contributed by atoms with Crippen molar-refractivity contribution in [1.82, 2.24) is 0 Å². The Morgan fingerprint density at radius 1 is 1.00 bits per heavy atom. The summed E-state index contributed by atoms with van der Waals surface area (Å²) >= 11 is 6.11. The van der Waals surface area contributed by atoms with Crippen molar-refractivity contribution in [3.8, 4) is 11.5 Å². The maximum atomic E-state index is 13.0. The molecular formula is C23H16ClNO6. The number of anilines is 1. The molecule has 1 saturated heterocycles. The second-order valence-electron chi connectivity index (χ2n) is 7.02. The Kier molecular flexibility index (Phi) is 4.67. The van der Waals surface area contributed by atoms with Crippen LogP contribution in [0.2, 0.25) is 5.02 Å². The molecule has 156 valence electrons. The van der Waals surface area contributed by atoms with E-state index in [1.54, 1.807) is 54.6 Å². The van der Waals surface area contributed by atoms with Gasteiger partial charge in [-0.3, -0.25) is 14.5 Å². The number of Topliss-reactive ketones (excluding diaryl/α,β-unsaturated/α-hetero) is 1. The van der Waals surface area contributed by atoms with Crippen LogP contribution >= 0.6 is 11.6 Å². The van der Waals surface area contributed by atoms with Crippen LogP contribution in [0.1, 0.15) is 17.4 Å². The zero-order valence-corrected chi connectivity index (χ0v) is 16.8. The Morgan fingerprint density at radius 3 is 2.55 bits per heavy atom. The molecule has 0 radical (unpaired) electrons. The normalized spacial score (nSPS) is 19.6. The number of fused-ring (bicyclic) bond motifs is 1. The first-order valence-electron chi connectivity index (χ1n) is 9.54. The molecule has 5 rings (SSSR count). The summed E-state index contributed by atoms with van der Waals surface area (Å²) in [5.41, 5.74) is 0.652. The van der Waals surface area contributed by atoms with Gasteiger partial charge < -0.3 is 19.0 Å². The number of aliphatic hydroxyl groups excluding tert-OH is 1. The Morgan fingerprint density at radius 2 is 1.81 bits per heavy atom. The van der Waals surface area contributed by atoms with Crippen molar-refractivity contribution in [3.05, 3.63) is 82.8 Å². The number of aliphatic hydroxyl groups is 1. The number of hydrogen-bond acceptors (Lipinski definition) is 6. The maximum absolute atomic E-state index is 13.0. The molecule has 1 fully saturated rings. The molecule has 2 aliphatic rings. The number of amides is 1. The number of hydrogen-bond donors (Lipinski definition) is 1. The number of nitrogens with zero attached hydrogens (tertiary/aromatic N) is 1. The zero-order valence-electron chi connectivity index (χ0n) is 16.1. The number of ketones is 1. The van der Waals surface area contributed by atoms with Crippen molar-refractivity contribution in [2.75, 3.05) is 18.1 Å². The smallest absolute Gasteiger partial charge is 0.300 e. The van der Waals surface area contributed by atoms with E-state index < -0.39 is 17.7 Å². The molecule has 1 atom stereocenters. The van der Waals surface area contributed by atoms with Gasteiger partial charge >= 0.3 is 0 Å². The predicted molar refractivity (Wildman–Crippen MR) is 112 cm³/mol. The van der Waals surface area contributed by atoms with E-state index in [0.29, 0.717) is 46.7 Å². The lowest BCUT2D eigenvalue weighted by atomic mass is 9.99. The highest BCUT2D eigenvalue weighted by Gasteiger charge is 2.48. The van der Waals surface area contributed by atoms with E-state index in [1.807, 2.05) is 0 Å². The van der Waals surface area contributed by atoms with E-state index >= 15 is 0 Å². The SMILES string of the molecule is O=C1C(=O)N(c2cccc(Cl)c2)C(c2ccco2)/C1=C(/O)c1ccc2c(c1)OCCO2. The first-order chi connectivity index (χ1) is 15.0. The highest BCUT2D eigenvalue weighted by atomic mass is 35.5. The van der Waals surface area contributed by atoms with Crippen LogP contribution in [0.15, 0.2) is 70.9 Å².